The zero-order valence-electron chi connectivity index (χ0n) is 67.7. The van der Waals surface area contributed by atoms with E-state index in [9.17, 15) is 38.9 Å². The van der Waals surface area contributed by atoms with Crippen LogP contribution in [0.25, 0.3) is 0 Å². The van der Waals surface area contributed by atoms with Crippen LogP contribution in [0.3, 0.4) is 0 Å². The Hall–Kier alpha value is -9.03. The van der Waals surface area contributed by atoms with Crippen LogP contribution in [0.4, 0.5) is 86.2 Å². The van der Waals surface area contributed by atoms with Crippen LogP contribution in [0.5, 0.6) is 23.0 Å². The summed E-state index contributed by atoms with van der Waals surface area (Å²) in [7, 11) is 3.71. The van der Waals surface area contributed by atoms with Gasteiger partial charge in [0, 0.05) is 44.4 Å². The quantitative estimate of drug-likeness (QED) is 0.0259. The number of benzene rings is 4. The first-order valence-corrected chi connectivity index (χ1v) is 41.6. The number of nitro groups is 1. The molecule has 0 radical (unpaired) electrons. The Morgan fingerprint density at radius 2 is 0.739 bits per heavy atom. The number of nitrogens with zero attached hydrogens (tertiary/aromatic N) is 11. The molecular weight excluding hydrogens is 1550 g/mol. The third kappa shape index (κ3) is 24.0. The highest BCUT2D eigenvalue weighted by Crippen LogP contribution is 2.50. The Balaban J connectivity index is 0.000000464. The third-order valence-electron chi connectivity index (χ3n) is 16.9. The molecule has 30 nitrogen and oxygen atoms in total. The van der Waals surface area contributed by atoms with Crippen LogP contribution >= 0.6 is 46.4 Å². The van der Waals surface area contributed by atoms with Crippen LogP contribution in [-0.2, 0) is 41.0 Å². The van der Waals surface area contributed by atoms with E-state index in [1.807, 2.05) is 6.07 Å². The summed E-state index contributed by atoms with van der Waals surface area (Å²) in [4.78, 5) is 118. The number of methoxy groups -OCH3 is 4. The summed E-state index contributed by atoms with van der Waals surface area (Å²) in [5, 5.41) is 11.7. The lowest BCUT2D eigenvalue weighted by atomic mass is 10.1. The molecule has 610 valence electrons. The lowest BCUT2D eigenvalue weighted by Gasteiger charge is -2.36. The third-order valence-corrected chi connectivity index (χ3v) is 27.3. The zero-order chi connectivity index (χ0) is 83.9. The van der Waals surface area contributed by atoms with Gasteiger partial charge in [0.1, 0.15) is 118 Å². The molecule has 0 aliphatic rings. The number of urea groups is 2. The molecule has 6 rings (SSSR count). The summed E-state index contributed by atoms with van der Waals surface area (Å²) in [5.41, 5.74) is 3.20. The molecule has 36 heteroatoms. The van der Waals surface area contributed by atoms with E-state index >= 15 is 0 Å². The Morgan fingerprint density at radius 3 is 1.03 bits per heavy atom. The number of hydrogen-bond donors (Lipinski definition) is 1. The van der Waals surface area contributed by atoms with Gasteiger partial charge >= 0.3 is 36.4 Å². The fourth-order valence-corrected chi connectivity index (χ4v) is 12.4. The van der Waals surface area contributed by atoms with Crippen LogP contribution in [0, 0.1) is 10.1 Å². The molecule has 6 aromatic rings. The monoisotopic (exact) mass is 1660 g/mol. The van der Waals surface area contributed by atoms with Gasteiger partial charge in [0.15, 0.2) is 16.6 Å². The van der Waals surface area contributed by atoms with Crippen molar-refractivity contribution in [3.05, 3.63) is 115 Å². The number of carbonyl (C=O) groups excluding carboxylic acids is 6. The van der Waals surface area contributed by atoms with Crippen molar-refractivity contribution in [1.29, 1.82) is 0 Å². The molecule has 0 fully saturated rings. The Labute approximate surface area is 672 Å². The predicted molar refractivity (Wildman–Crippen MR) is 440 cm³/mol. The van der Waals surface area contributed by atoms with Crippen molar-refractivity contribution in [2.45, 2.75) is 204 Å². The maximum Gasteiger partial charge on any atom is 0.423 e. The van der Waals surface area contributed by atoms with Gasteiger partial charge in [0.2, 0.25) is 0 Å². The molecule has 0 spiro atoms. The summed E-state index contributed by atoms with van der Waals surface area (Å²) < 4.78 is 56.8. The highest BCUT2D eigenvalue weighted by molar-refractivity contribution is 6.74. The van der Waals surface area contributed by atoms with Crippen LogP contribution in [0.2, 0.25) is 56.4 Å². The molecule has 4 aromatic carbocycles. The second kappa shape index (κ2) is 36.6. The number of aromatic nitrogens is 4. The molecule has 0 saturated heterocycles. The number of halogens is 4. The summed E-state index contributed by atoms with van der Waals surface area (Å²) in [6, 6.07) is 12.9. The molecule has 0 aliphatic heterocycles. The second-order valence-electron chi connectivity index (χ2n) is 32.0. The Kier molecular flexibility index (Phi) is 31.1. The Morgan fingerprint density at radius 1 is 0.450 bits per heavy atom. The molecule has 2 N–H and O–H groups in total. The number of rotatable bonds is 19. The minimum atomic E-state index is -2.22. The molecule has 2 aromatic heterocycles. The number of nitrogen functional groups attached to an aromatic ring is 1. The van der Waals surface area contributed by atoms with E-state index in [1.165, 1.54) is 83.8 Å². The SMILES string of the molecule is C.COc1cc(OC)c(Cl)c(N(C(=O)OC(C)(C)C)C(=O)N(C)c2cc(N(C(=O)OC(C)(C)C)c3ccc(CO[Si](C)(C)C(C)(C)C)cc3N)ncn2)c1Cl.COc1cc(OC)c(Cl)c(N(C(=O)OC(C)(C)C)C(=O)N(C)c2cc(N(C(=O)OC(C)(C)C)c3ccc(CO[Si](C)(C)C(C)(C)C)cc3[N+](=O)[O-])ncn2)c1Cl. The fraction of sp³-hybridized carbons (Fsp3) is 0.493. The summed E-state index contributed by atoms with van der Waals surface area (Å²) in [6.07, 6.45) is -1.89. The van der Waals surface area contributed by atoms with Gasteiger partial charge in [-0.2, -0.15) is 9.80 Å². The molecular formula is C75H106Cl4N12O18Si2. The molecule has 2 heterocycles. The molecule has 0 unspecified atom stereocenters. The van der Waals surface area contributed by atoms with Gasteiger partial charge in [-0.1, -0.05) is 108 Å². The second-order valence-corrected chi connectivity index (χ2v) is 43.1. The molecule has 0 saturated carbocycles. The summed E-state index contributed by atoms with van der Waals surface area (Å²) in [6.45, 7) is 41.4. The van der Waals surface area contributed by atoms with E-state index in [2.05, 4.69) is 87.7 Å². The van der Waals surface area contributed by atoms with Gasteiger partial charge in [-0.25, -0.2) is 58.5 Å². The van der Waals surface area contributed by atoms with Gasteiger partial charge in [0.05, 0.1) is 58.0 Å². The number of nitro benzene ring substituents is 1. The van der Waals surface area contributed by atoms with Crippen LogP contribution < -0.4 is 54.1 Å². The average molecular weight is 1660 g/mol. The minimum absolute atomic E-state index is 0. The average Bonchev–Trinajstić information content (AvgIpc) is 0.776. The maximum atomic E-state index is 14.4. The first-order chi connectivity index (χ1) is 50.4. The number of hydrogen-bond acceptors (Lipinski definition) is 23. The first-order valence-electron chi connectivity index (χ1n) is 34.3. The molecule has 0 aliphatic carbocycles. The summed E-state index contributed by atoms with van der Waals surface area (Å²) in [5.74, 6) is -0.187. The van der Waals surface area contributed by atoms with Crippen molar-refractivity contribution >= 4 is 157 Å². The van der Waals surface area contributed by atoms with Gasteiger partial charge < -0.3 is 52.5 Å². The van der Waals surface area contributed by atoms with Gasteiger partial charge in [-0.15, -0.1) is 0 Å². The highest BCUT2D eigenvalue weighted by Gasteiger charge is 2.43. The number of ether oxygens (including phenoxy) is 8. The highest BCUT2D eigenvalue weighted by atomic mass is 35.5. The Bertz CT molecular complexity index is 4350. The zero-order valence-corrected chi connectivity index (χ0v) is 72.7. The smallest absolute Gasteiger partial charge is 0.423 e. The minimum Gasteiger partial charge on any atom is -0.495 e. The fourth-order valence-electron chi connectivity index (χ4n) is 9.16. The lowest BCUT2D eigenvalue weighted by Crippen LogP contribution is -2.48. The molecule has 0 atom stereocenters. The number of anilines is 9. The maximum absolute atomic E-state index is 14.4. The lowest BCUT2D eigenvalue weighted by molar-refractivity contribution is -0.384. The van der Waals surface area contributed by atoms with Crippen molar-refractivity contribution in [2.24, 2.45) is 0 Å². The number of amides is 8. The van der Waals surface area contributed by atoms with Gasteiger partial charge in [-0.3, -0.25) is 19.9 Å². The van der Waals surface area contributed by atoms with E-state index < -0.39 is 86.1 Å². The number of imide groups is 2. The van der Waals surface area contributed by atoms with E-state index in [1.54, 1.807) is 101 Å². The van der Waals surface area contributed by atoms with Gasteiger partial charge in [-0.05, 0) is 149 Å². The molecule has 111 heavy (non-hydrogen) atoms. The van der Waals surface area contributed by atoms with Crippen LogP contribution in [0.1, 0.15) is 143 Å². The van der Waals surface area contributed by atoms with Crippen molar-refractivity contribution in [3.63, 3.8) is 0 Å². The van der Waals surface area contributed by atoms with E-state index in [0.29, 0.717) is 22.0 Å². The summed E-state index contributed by atoms with van der Waals surface area (Å²) >= 11 is 26.6. The standard InChI is InChI=1S/C37H50Cl2N6O10Si.C37H52Cl2N6O8Si.CH4/c1-35(2,3)54-33(47)43(23-16-15-22(17-24(23)45(49)50)20-53-56(13,14)37(7,8)9)28-19-27(40-21-41-28)42(10)32(46)44(34(48)55-36(4,5)6)31-29(38)25(51-11)18-26(52-12)30(31)39;1-35(2,3)52-33(47)44(24-16-15-22(17-23(24)40)20-51-54(13,14)37(7,8)9)28-19-27(41-21-42-28)43(10)32(46)45(34(48)53-36(4,5)6)31-29(38)25(49-11)18-26(50-12)30(31)39;/h15-19,21H,20H2,1-14H3;15-19,21H,20,40H2,1-14H3;1H4. The molecule has 0 bridgehead atoms. The van der Waals surface area contributed by atoms with Gasteiger partial charge in [0.25, 0.3) is 5.69 Å². The van der Waals surface area contributed by atoms with Crippen molar-refractivity contribution < 1.29 is 80.4 Å². The van der Waals surface area contributed by atoms with E-state index in [-0.39, 0.29) is 119 Å². The predicted octanol–water partition coefficient (Wildman–Crippen LogP) is 20.9. The van der Waals surface area contributed by atoms with Crippen LogP contribution in [-0.4, -0.2) is 143 Å². The van der Waals surface area contributed by atoms with E-state index in [0.717, 1.165) is 32.9 Å². The number of nitrogens with two attached hydrogens (primary N) is 1. The van der Waals surface area contributed by atoms with Crippen molar-refractivity contribution in [1.82, 2.24) is 19.9 Å². The van der Waals surface area contributed by atoms with E-state index in [4.69, 9.17) is 98.9 Å². The number of carbonyl (C=O) groups is 6. The first kappa shape index (κ1) is 94.4. The van der Waals surface area contributed by atoms with Crippen molar-refractivity contribution in [2.75, 3.05) is 77.7 Å². The van der Waals surface area contributed by atoms with Crippen LogP contribution in [0.15, 0.2) is 73.3 Å². The topological polar surface area (TPSA) is 335 Å². The normalized spacial score (nSPS) is 12.0. The van der Waals surface area contributed by atoms with Crippen molar-refractivity contribution in [3.8, 4) is 23.0 Å². The molecule has 8 amide bonds. The largest absolute Gasteiger partial charge is 0.495 e.